The zero-order valence-corrected chi connectivity index (χ0v) is 21.2. The lowest BCUT2D eigenvalue weighted by atomic mass is 10.1. The number of nitrogens with one attached hydrogen (secondary N) is 3. The van der Waals surface area contributed by atoms with Crippen molar-refractivity contribution < 1.29 is 14.3 Å². The number of anilines is 1. The molecular formula is C28H30N4O3S. The van der Waals surface area contributed by atoms with E-state index in [2.05, 4.69) is 39.9 Å². The lowest BCUT2D eigenvalue weighted by molar-refractivity contribution is 0.252. The molecule has 0 radical (unpaired) electrons. The summed E-state index contributed by atoms with van der Waals surface area (Å²) in [6.45, 7) is 0.577. The maximum Gasteiger partial charge on any atom is 0.319 e. The predicted molar refractivity (Wildman–Crippen MR) is 146 cm³/mol. The molecule has 1 heterocycles. The van der Waals surface area contributed by atoms with Crippen molar-refractivity contribution in [1.82, 2.24) is 15.3 Å². The summed E-state index contributed by atoms with van der Waals surface area (Å²) >= 11 is 1.69. The fourth-order valence-corrected chi connectivity index (χ4v) is 4.58. The average molecular weight is 503 g/mol. The standard InChI is InChI=1S/C28H30N4O3S/c1-34-22-15-16-23(24(19-22)35-2)30-27(33)29-17-9-10-18-36-28-31-25(20-11-5-3-6-12-20)26(32-28)21-13-7-4-8-14-21/h3-8,11-16,19H,9-10,17-18H2,1-2H3,(H,31,32)(H2,29,30,33). The predicted octanol–water partition coefficient (Wildman–Crippen LogP) is 6.45. The molecule has 3 N–H and O–H groups in total. The number of ether oxygens (including phenoxy) is 2. The van der Waals surface area contributed by atoms with E-state index in [9.17, 15) is 4.79 Å². The Labute approximate surface area is 215 Å². The smallest absolute Gasteiger partial charge is 0.319 e. The Bertz CT molecular complexity index is 1210. The fourth-order valence-electron chi connectivity index (χ4n) is 3.70. The van der Waals surface area contributed by atoms with Crippen LogP contribution in [0.25, 0.3) is 22.5 Å². The van der Waals surface area contributed by atoms with Crippen LogP contribution in [-0.2, 0) is 0 Å². The Kier molecular flexibility index (Phi) is 8.88. The number of rotatable bonds is 11. The van der Waals surface area contributed by atoms with Gasteiger partial charge in [-0.2, -0.15) is 0 Å². The van der Waals surface area contributed by atoms with Crippen LogP contribution >= 0.6 is 11.8 Å². The van der Waals surface area contributed by atoms with Gasteiger partial charge in [0, 0.05) is 29.5 Å². The Morgan fingerprint density at radius 2 is 1.64 bits per heavy atom. The molecular weight excluding hydrogens is 472 g/mol. The summed E-state index contributed by atoms with van der Waals surface area (Å²) in [4.78, 5) is 20.7. The molecule has 2 amide bonds. The topological polar surface area (TPSA) is 88.3 Å². The highest BCUT2D eigenvalue weighted by atomic mass is 32.2. The molecule has 0 saturated carbocycles. The van der Waals surface area contributed by atoms with Gasteiger partial charge in [0.25, 0.3) is 0 Å². The second-order valence-electron chi connectivity index (χ2n) is 8.00. The Morgan fingerprint density at radius 3 is 2.33 bits per heavy atom. The number of H-pyrrole nitrogens is 1. The van der Waals surface area contributed by atoms with Gasteiger partial charge in [0.15, 0.2) is 5.16 Å². The van der Waals surface area contributed by atoms with Crippen LogP contribution in [0.5, 0.6) is 11.5 Å². The molecule has 4 rings (SSSR count). The van der Waals surface area contributed by atoms with Crippen molar-refractivity contribution in [2.45, 2.75) is 18.0 Å². The molecule has 8 heteroatoms. The van der Waals surface area contributed by atoms with E-state index in [0.29, 0.717) is 23.7 Å². The minimum absolute atomic E-state index is 0.267. The first-order valence-corrected chi connectivity index (χ1v) is 12.8. The number of urea groups is 1. The first-order valence-electron chi connectivity index (χ1n) is 11.8. The molecule has 3 aromatic carbocycles. The van der Waals surface area contributed by atoms with Gasteiger partial charge in [-0.05, 0) is 25.0 Å². The van der Waals surface area contributed by atoms with E-state index in [-0.39, 0.29) is 6.03 Å². The van der Waals surface area contributed by atoms with Crippen molar-refractivity contribution in [1.29, 1.82) is 0 Å². The van der Waals surface area contributed by atoms with Gasteiger partial charge in [-0.3, -0.25) is 0 Å². The average Bonchev–Trinajstić information content (AvgIpc) is 3.36. The van der Waals surface area contributed by atoms with Crippen LogP contribution in [0.2, 0.25) is 0 Å². The number of methoxy groups -OCH3 is 2. The molecule has 0 aliphatic rings. The first-order chi connectivity index (χ1) is 17.7. The number of carbonyl (C=O) groups excluding carboxylic acids is 1. The molecule has 1 aromatic heterocycles. The number of thioether (sulfide) groups is 1. The number of nitrogens with zero attached hydrogens (tertiary/aromatic N) is 1. The summed E-state index contributed by atoms with van der Waals surface area (Å²) in [6.07, 6.45) is 1.80. The van der Waals surface area contributed by atoms with E-state index in [1.165, 1.54) is 0 Å². The van der Waals surface area contributed by atoms with Crippen molar-refractivity contribution in [2.24, 2.45) is 0 Å². The Hall–Kier alpha value is -3.91. The van der Waals surface area contributed by atoms with Crippen LogP contribution in [0.1, 0.15) is 12.8 Å². The summed E-state index contributed by atoms with van der Waals surface area (Å²) in [7, 11) is 3.14. The van der Waals surface area contributed by atoms with Gasteiger partial charge in [0.05, 0.1) is 31.3 Å². The highest BCUT2D eigenvalue weighted by Gasteiger charge is 2.14. The normalized spacial score (nSPS) is 10.6. The molecule has 0 aliphatic carbocycles. The van der Waals surface area contributed by atoms with E-state index in [1.54, 1.807) is 44.2 Å². The second kappa shape index (κ2) is 12.7. The Balaban J connectivity index is 1.26. The van der Waals surface area contributed by atoms with Crippen LogP contribution in [0.4, 0.5) is 10.5 Å². The van der Waals surface area contributed by atoms with E-state index >= 15 is 0 Å². The molecule has 0 fully saturated rings. The number of carbonyl (C=O) groups is 1. The van der Waals surface area contributed by atoms with Crippen molar-refractivity contribution in [2.75, 3.05) is 31.8 Å². The van der Waals surface area contributed by atoms with E-state index < -0.39 is 0 Å². The molecule has 0 unspecified atom stereocenters. The van der Waals surface area contributed by atoms with Crippen molar-refractivity contribution in [3.63, 3.8) is 0 Å². The molecule has 7 nitrogen and oxygen atoms in total. The highest BCUT2D eigenvalue weighted by molar-refractivity contribution is 7.99. The van der Waals surface area contributed by atoms with Crippen molar-refractivity contribution >= 4 is 23.5 Å². The largest absolute Gasteiger partial charge is 0.497 e. The number of imidazole rings is 1. The zero-order chi connectivity index (χ0) is 25.2. The third kappa shape index (κ3) is 6.60. The van der Waals surface area contributed by atoms with Gasteiger partial charge >= 0.3 is 6.03 Å². The number of amides is 2. The summed E-state index contributed by atoms with van der Waals surface area (Å²) in [6, 6.07) is 25.5. The van der Waals surface area contributed by atoms with E-state index in [4.69, 9.17) is 14.5 Å². The molecule has 186 valence electrons. The summed E-state index contributed by atoms with van der Waals surface area (Å²) < 4.78 is 10.5. The first kappa shape index (κ1) is 25.2. The molecule has 0 atom stereocenters. The fraction of sp³-hybridized carbons (Fsp3) is 0.214. The van der Waals surface area contributed by atoms with Gasteiger partial charge in [-0.15, -0.1) is 0 Å². The molecule has 0 spiro atoms. The van der Waals surface area contributed by atoms with Gasteiger partial charge in [0.2, 0.25) is 0 Å². The van der Waals surface area contributed by atoms with Gasteiger partial charge in [0.1, 0.15) is 11.5 Å². The summed E-state index contributed by atoms with van der Waals surface area (Å²) in [5, 5.41) is 6.61. The second-order valence-corrected chi connectivity index (χ2v) is 9.08. The van der Waals surface area contributed by atoms with Crippen LogP contribution in [-0.4, -0.2) is 42.5 Å². The molecule has 0 saturated heterocycles. The number of aromatic amines is 1. The highest BCUT2D eigenvalue weighted by Crippen LogP contribution is 2.33. The monoisotopic (exact) mass is 502 g/mol. The lowest BCUT2D eigenvalue weighted by Crippen LogP contribution is -2.29. The van der Waals surface area contributed by atoms with Crippen molar-refractivity contribution in [3.8, 4) is 34.0 Å². The molecule has 36 heavy (non-hydrogen) atoms. The minimum Gasteiger partial charge on any atom is -0.497 e. The van der Waals surface area contributed by atoms with Gasteiger partial charge in [-0.1, -0.05) is 72.4 Å². The number of benzene rings is 3. The Morgan fingerprint density at radius 1 is 0.917 bits per heavy atom. The van der Waals surface area contributed by atoms with E-state index in [1.807, 2.05) is 36.4 Å². The summed E-state index contributed by atoms with van der Waals surface area (Å²) in [5.74, 6) is 2.11. The van der Waals surface area contributed by atoms with Gasteiger partial charge < -0.3 is 25.1 Å². The van der Waals surface area contributed by atoms with Crippen LogP contribution in [0.3, 0.4) is 0 Å². The molecule has 0 bridgehead atoms. The number of hydrogen-bond donors (Lipinski definition) is 3. The maximum absolute atomic E-state index is 12.3. The van der Waals surface area contributed by atoms with Gasteiger partial charge in [-0.25, -0.2) is 9.78 Å². The SMILES string of the molecule is COc1ccc(NC(=O)NCCCCSc2nc(-c3ccccc3)c(-c3ccccc3)[nH]2)c(OC)c1. The van der Waals surface area contributed by atoms with Crippen molar-refractivity contribution in [3.05, 3.63) is 78.9 Å². The zero-order valence-electron chi connectivity index (χ0n) is 20.4. The third-order valence-electron chi connectivity index (χ3n) is 5.54. The van der Waals surface area contributed by atoms with Crippen LogP contribution in [0.15, 0.2) is 84.0 Å². The number of aromatic nitrogens is 2. The molecule has 4 aromatic rings. The third-order valence-corrected chi connectivity index (χ3v) is 6.50. The number of unbranched alkanes of at least 4 members (excludes halogenated alkanes) is 1. The number of hydrogen-bond acceptors (Lipinski definition) is 5. The quantitative estimate of drug-likeness (QED) is 0.162. The minimum atomic E-state index is -0.267. The lowest BCUT2D eigenvalue weighted by Gasteiger charge is -2.12. The van der Waals surface area contributed by atoms with E-state index in [0.717, 1.165) is 46.3 Å². The van der Waals surface area contributed by atoms with Crippen LogP contribution < -0.4 is 20.1 Å². The summed E-state index contributed by atoms with van der Waals surface area (Å²) in [5.41, 5.74) is 4.77. The maximum atomic E-state index is 12.3. The molecule has 0 aliphatic heterocycles. The van der Waals surface area contributed by atoms with Crippen LogP contribution in [0, 0.1) is 0 Å².